The van der Waals surface area contributed by atoms with E-state index in [1.54, 1.807) is 6.07 Å². The maximum absolute atomic E-state index is 12.6. The second kappa shape index (κ2) is 4.79. The molecule has 0 N–H and O–H groups in total. The molecule has 0 aromatic heterocycles. The standard InChI is InChI=1S/C10H11F3OS/c1-14-9-3-2-7(4-5-15)6-8(9)10(11,12)13/h2-3,6,15H,4-5H2,1H3. The average molecular weight is 236 g/mol. The van der Waals surface area contributed by atoms with Crippen LogP contribution >= 0.6 is 12.6 Å². The Morgan fingerprint density at radius 2 is 2.00 bits per heavy atom. The SMILES string of the molecule is COc1ccc(CCS)cc1C(F)(F)F. The summed E-state index contributed by atoms with van der Waals surface area (Å²) >= 11 is 3.98. The van der Waals surface area contributed by atoms with E-state index in [1.165, 1.54) is 13.2 Å². The highest BCUT2D eigenvalue weighted by Crippen LogP contribution is 2.36. The molecule has 84 valence electrons. The summed E-state index contributed by atoms with van der Waals surface area (Å²) in [6, 6.07) is 4.06. The van der Waals surface area contributed by atoms with Gasteiger partial charge in [-0.05, 0) is 29.9 Å². The Morgan fingerprint density at radius 3 is 2.47 bits per heavy atom. The van der Waals surface area contributed by atoms with Crippen molar-refractivity contribution in [3.8, 4) is 5.75 Å². The molecule has 15 heavy (non-hydrogen) atoms. The van der Waals surface area contributed by atoms with Crippen LogP contribution in [0.5, 0.6) is 5.75 Å². The minimum Gasteiger partial charge on any atom is -0.496 e. The van der Waals surface area contributed by atoms with E-state index < -0.39 is 11.7 Å². The van der Waals surface area contributed by atoms with Crippen molar-refractivity contribution in [2.24, 2.45) is 0 Å². The van der Waals surface area contributed by atoms with Gasteiger partial charge in [0.15, 0.2) is 0 Å². The predicted octanol–water partition coefficient (Wildman–Crippen LogP) is 3.19. The van der Waals surface area contributed by atoms with Crippen LogP contribution in [0, 0.1) is 0 Å². The van der Waals surface area contributed by atoms with Gasteiger partial charge in [-0.1, -0.05) is 6.07 Å². The highest BCUT2D eigenvalue weighted by atomic mass is 32.1. The summed E-state index contributed by atoms with van der Waals surface area (Å²) in [5.74, 6) is 0.370. The quantitative estimate of drug-likeness (QED) is 0.793. The number of hydrogen-bond acceptors (Lipinski definition) is 2. The predicted molar refractivity (Wildman–Crippen MR) is 55.6 cm³/mol. The van der Waals surface area contributed by atoms with Gasteiger partial charge in [-0.15, -0.1) is 0 Å². The van der Waals surface area contributed by atoms with Gasteiger partial charge in [0.2, 0.25) is 0 Å². The van der Waals surface area contributed by atoms with E-state index >= 15 is 0 Å². The molecule has 0 radical (unpaired) electrons. The second-order valence-electron chi connectivity index (χ2n) is 3.01. The number of benzene rings is 1. The molecule has 0 saturated carbocycles. The molecule has 0 aliphatic rings. The van der Waals surface area contributed by atoms with E-state index in [1.807, 2.05) is 0 Å². The molecule has 0 bridgehead atoms. The van der Waals surface area contributed by atoms with Crippen molar-refractivity contribution < 1.29 is 17.9 Å². The Bertz CT molecular complexity index is 336. The fourth-order valence-corrected chi connectivity index (χ4v) is 1.52. The first-order valence-corrected chi connectivity index (χ1v) is 4.97. The molecule has 0 atom stereocenters. The Hall–Kier alpha value is -0.840. The molecule has 0 amide bonds. The highest BCUT2D eigenvalue weighted by molar-refractivity contribution is 7.80. The second-order valence-corrected chi connectivity index (χ2v) is 3.45. The summed E-state index contributed by atoms with van der Waals surface area (Å²) in [5.41, 5.74) is -0.123. The lowest BCUT2D eigenvalue weighted by molar-refractivity contribution is -0.138. The molecular weight excluding hydrogens is 225 g/mol. The Kier molecular flexibility index (Phi) is 3.90. The summed E-state index contributed by atoms with van der Waals surface area (Å²) in [6.07, 6.45) is -3.87. The molecule has 1 nitrogen and oxygen atoms in total. The van der Waals surface area contributed by atoms with E-state index in [0.29, 0.717) is 17.7 Å². The smallest absolute Gasteiger partial charge is 0.419 e. The van der Waals surface area contributed by atoms with Crippen LogP contribution in [0.1, 0.15) is 11.1 Å². The molecule has 0 heterocycles. The van der Waals surface area contributed by atoms with E-state index in [0.717, 1.165) is 6.07 Å². The van der Waals surface area contributed by atoms with Gasteiger partial charge in [-0.3, -0.25) is 0 Å². The van der Waals surface area contributed by atoms with Crippen molar-refractivity contribution in [3.05, 3.63) is 29.3 Å². The third kappa shape index (κ3) is 3.06. The molecule has 1 aromatic carbocycles. The average Bonchev–Trinajstić information content (AvgIpc) is 2.17. The number of aryl methyl sites for hydroxylation is 1. The summed E-state index contributed by atoms with van der Waals surface area (Å²) in [5, 5.41) is 0. The third-order valence-electron chi connectivity index (χ3n) is 1.97. The lowest BCUT2D eigenvalue weighted by Gasteiger charge is -2.13. The number of alkyl halides is 3. The molecule has 0 fully saturated rings. The molecule has 0 spiro atoms. The van der Waals surface area contributed by atoms with Crippen molar-refractivity contribution in [1.29, 1.82) is 0 Å². The number of thiol groups is 1. The van der Waals surface area contributed by atoms with Crippen molar-refractivity contribution >= 4 is 12.6 Å². The molecule has 0 aliphatic heterocycles. The molecule has 1 rings (SSSR count). The minimum absolute atomic E-state index is 0.148. The van der Waals surface area contributed by atoms with Gasteiger partial charge in [-0.25, -0.2) is 0 Å². The van der Waals surface area contributed by atoms with Crippen molar-refractivity contribution in [3.63, 3.8) is 0 Å². The largest absolute Gasteiger partial charge is 0.496 e. The van der Waals surface area contributed by atoms with Crippen LogP contribution in [0.3, 0.4) is 0 Å². The van der Waals surface area contributed by atoms with Gasteiger partial charge in [0.25, 0.3) is 0 Å². The zero-order chi connectivity index (χ0) is 11.5. The molecular formula is C10H11F3OS. The number of hydrogen-bond donors (Lipinski definition) is 1. The zero-order valence-electron chi connectivity index (χ0n) is 8.14. The summed E-state index contributed by atoms with van der Waals surface area (Å²) in [4.78, 5) is 0. The van der Waals surface area contributed by atoms with Crippen molar-refractivity contribution in [2.75, 3.05) is 12.9 Å². The van der Waals surface area contributed by atoms with Crippen LogP contribution in [0.2, 0.25) is 0 Å². The van der Waals surface area contributed by atoms with Gasteiger partial charge in [0.1, 0.15) is 5.75 Å². The van der Waals surface area contributed by atoms with Gasteiger partial charge in [0, 0.05) is 0 Å². The van der Waals surface area contributed by atoms with Gasteiger partial charge in [0.05, 0.1) is 12.7 Å². The Balaban J connectivity index is 3.13. The van der Waals surface area contributed by atoms with Crippen molar-refractivity contribution in [2.45, 2.75) is 12.6 Å². The minimum atomic E-state index is -4.38. The van der Waals surface area contributed by atoms with Crippen molar-refractivity contribution in [1.82, 2.24) is 0 Å². The maximum Gasteiger partial charge on any atom is 0.419 e. The summed E-state index contributed by atoms with van der Waals surface area (Å²) in [6.45, 7) is 0. The molecule has 1 aromatic rings. The van der Waals surface area contributed by atoms with Crippen LogP contribution < -0.4 is 4.74 Å². The summed E-state index contributed by atoms with van der Waals surface area (Å²) < 4.78 is 42.3. The molecule has 0 unspecified atom stereocenters. The number of methoxy groups -OCH3 is 1. The van der Waals surface area contributed by atoms with Crippen LogP contribution in [0.15, 0.2) is 18.2 Å². The van der Waals surface area contributed by atoms with Gasteiger partial charge in [-0.2, -0.15) is 25.8 Å². The topological polar surface area (TPSA) is 9.23 Å². The Labute approximate surface area is 91.7 Å². The fourth-order valence-electron chi connectivity index (χ4n) is 1.26. The van der Waals surface area contributed by atoms with E-state index in [2.05, 4.69) is 17.4 Å². The fraction of sp³-hybridized carbons (Fsp3) is 0.400. The highest BCUT2D eigenvalue weighted by Gasteiger charge is 2.34. The zero-order valence-corrected chi connectivity index (χ0v) is 9.03. The third-order valence-corrected chi connectivity index (χ3v) is 2.19. The molecule has 0 saturated heterocycles. The maximum atomic E-state index is 12.6. The molecule has 0 aliphatic carbocycles. The van der Waals surface area contributed by atoms with Gasteiger partial charge < -0.3 is 4.74 Å². The summed E-state index contributed by atoms with van der Waals surface area (Å²) in [7, 11) is 1.23. The number of ether oxygens (including phenoxy) is 1. The number of halogens is 3. The van der Waals surface area contributed by atoms with E-state index in [9.17, 15) is 13.2 Å². The first-order chi connectivity index (χ1) is 6.99. The van der Waals surface area contributed by atoms with Crippen LogP contribution in [-0.4, -0.2) is 12.9 Å². The van der Waals surface area contributed by atoms with Crippen LogP contribution in [0.4, 0.5) is 13.2 Å². The van der Waals surface area contributed by atoms with Crippen LogP contribution in [-0.2, 0) is 12.6 Å². The first kappa shape index (κ1) is 12.2. The first-order valence-electron chi connectivity index (χ1n) is 4.34. The number of rotatable bonds is 3. The van der Waals surface area contributed by atoms with Gasteiger partial charge >= 0.3 is 6.18 Å². The van der Waals surface area contributed by atoms with E-state index in [-0.39, 0.29) is 5.75 Å². The lowest BCUT2D eigenvalue weighted by atomic mass is 10.1. The lowest BCUT2D eigenvalue weighted by Crippen LogP contribution is -2.08. The van der Waals surface area contributed by atoms with Crippen LogP contribution in [0.25, 0.3) is 0 Å². The van der Waals surface area contributed by atoms with E-state index in [4.69, 9.17) is 0 Å². The monoisotopic (exact) mass is 236 g/mol. The Morgan fingerprint density at radius 1 is 1.33 bits per heavy atom. The normalized spacial score (nSPS) is 11.5. The molecule has 5 heteroatoms.